The molecule has 0 aliphatic carbocycles. The Hall–Kier alpha value is 0.340. The van der Waals surface area contributed by atoms with Crippen LogP contribution in [0.1, 0.15) is 20.3 Å². The lowest BCUT2D eigenvalue weighted by atomic mass is 10.4. The molecule has 5 nitrogen and oxygen atoms in total. The monoisotopic (exact) mass is 349 g/mol. The van der Waals surface area contributed by atoms with Crippen LogP contribution in [-0.2, 0) is 19.9 Å². The molecule has 0 atom stereocenters. The molecule has 8 heteroatoms. The van der Waals surface area contributed by atoms with Crippen molar-refractivity contribution in [2.45, 2.75) is 26.3 Å². The fourth-order valence-corrected chi connectivity index (χ4v) is 4.90. The molecule has 0 saturated heterocycles. The molecule has 0 unspecified atom stereocenters. The first kappa shape index (κ1) is 17.3. The summed E-state index contributed by atoms with van der Waals surface area (Å²) in [6, 6.07) is -0.154. The second-order valence-electron chi connectivity index (χ2n) is 4.19. The van der Waals surface area contributed by atoms with E-state index in [1.807, 2.05) is 0 Å². The number of sulfonamides is 1. The lowest BCUT2D eigenvalue weighted by molar-refractivity contribution is 0.356. The van der Waals surface area contributed by atoms with Crippen molar-refractivity contribution in [3.63, 3.8) is 0 Å². The number of alkyl halides is 1. The molecule has 104 valence electrons. The van der Waals surface area contributed by atoms with Crippen LogP contribution in [0.15, 0.2) is 0 Å². The van der Waals surface area contributed by atoms with E-state index in [2.05, 4.69) is 15.9 Å². The summed E-state index contributed by atoms with van der Waals surface area (Å²) in [4.78, 5) is 0. The summed E-state index contributed by atoms with van der Waals surface area (Å²) in [5.41, 5.74) is 0. The first-order chi connectivity index (χ1) is 7.60. The van der Waals surface area contributed by atoms with E-state index in [4.69, 9.17) is 0 Å². The van der Waals surface area contributed by atoms with E-state index in [9.17, 15) is 16.8 Å². The van der Waals surface area contributed by atoms with Crippen molar-refractivity contribution in [3.05, 3.63) is 0 Å². The molecule has 0 aliphatic heterocycles. The average Bonchev–Trinajstić information content (AvgIpc) is 2.14. The standard InChI is InChI=1S/C9H20BrNO4S2/c1-9(2)11(6-4-5-10)17(14,15)8-7-16(3,12)13/h9H,4-8H2,1-3H3. The molecule has 0 amide bonds. The second kappa shape index (κ2) is 7.06. The Balaban J connectivity index is 4.73. The normalized spacial score (nSPS) is 13.5. The highest BCUT2D eigenvalue weighted by atomic mass is 79.9. The van der Waals surface area contributed by atoms with Gasteiger partial charge in [-0.05, 0) is 20.3 Å². The molecule has 0 bridgehead atoms. The average molecular weight is 350 g/mol. The Bertz CT molecular complexity index is 416. The van der Waals surface area contributed by atoms with Crippen molar-refractivity contribution in [3.8, 4) is 0 Å². The van der Waals surface area contributed by atoms with Crippen molar-refractivity contribution >= 4 is 35.8 Å². The van der Waals surface area contributed by atoms with Gasteiger partial charge < -0.3 is 0 Å². The molecule has 0 fully saturated rings. The van der Waals surface area contributed by atoms with Gasteiger partial charge in [0.15, 0.2) is 0 Å². The van der Waals surface area contributed by atoms with Gasteiger partial charge in [-0.15, -0.1) is 0 Å². The lowest BCUT2D eigenvalue weighted by Gasteiger charge is -2.25. The van der Waals surface area contributed by atoms with Crippen molar-refractivity contribution in [1.29, 1.82) is 0 Å². The van der Waals surface area contributed by atoms with Gasteiger partial charge in [-0.2, -0.15) is 4.31 Å². The molecule has 0 aliphatic rings. The van der Waals surface area contributed by atoms with E-state index >= 15 is 0 Å². The van der Waals surface area contributed by atoms with E-state index in [0.717, 1.165) is 11.6 Å². The van der Waals surface area contributed by atoms with Gasteiger partial charge >= 0.3 is 0 Å². The first-order valence-corrected chi connectivity index (χ1v) is 10.1. The van der Waals surface area contributed by atoms with Gasteiger partial charge in [-0.3, -0.25) is 0 Å². The van der Waals surface area contributed by atoms with Gasteiger partial charge in [0.1, 0.15) is 9.84 Å². The summed E-state index contributed by atoms with van der Waals surface area (Å²) < 4.78 is 47.3. The SMILES string of the molecule is CC(C)N(CCCBr)S(=O)(=O)CCS(C)(=O)=O. The fourth-order valence-electron chi connectivity index (χ4n) is 1.31. The highest BCUT2D eigenvalue weighted by Crippen LogP contribution is 2.10. The minimum atomic E-state index is -3.49. The number of nitrogens with zero attached hydrogens (tertiary/aromatic N) is 1. The molecule has 0 aromatic heterocycles. The zero-order valence-corrected chi connectivity index (χ0v) is 13.6. The number of halogens is 1. The molecule has 0 aromatic rings. The van der Waals surface area contributed by atoms with Crippen LogP contribution < -0.4 is 0 Å². The van der Waals surface area contributed by atoms with Crippen LogP contribution >= 0.6 is 15.9 Å². The maximum Gasteiger partial charge on any atom is 0.215 e. The maximum absolute atomic E-state index is 12.0. The third kappa shape index (κ3) is 7.38. The third-order valence-corrected chi connectivity index (χ3v) is 5.96. The van der Waals surface area contributed by atoms with Gasteiger partial charge in [0.05, 0.1) is 11.5 Å². The molecular formula is C9H20BrNO4S2. The van der Waals surface area contributed by atoms with Crippen LogP contribution in [0.4, 0.5) is 0 Å². The topological polar surface area (TPSA) is 71.5 Å². The zero-order chi connectivity index (χ0) is 13.7. The highest BCUT2D eigenvalue weighted by molar-refractivity contribution is 9.09. The van der Waals surface area contributed by atoms with Crippen LogP contribution in [-0.4, -0.2) is 56.8 Å². The van der Waals surface area contributed by atoms with Crippen LogP contribution in [0.5, 0.6) is 0 Å². The molecule has 17 heavy (non-hydrogen) atoms. The summed E-state index contributed by atoms with van der Waals surface area (Å²) in [5, 5.41) is 0.720. The predicted octanol–water partition coefficient (Wildman–Crippen LogP) is 0.856. The van der Waals surface area contributed by atoms with E-state index in [1.54, 1.807) is 13.8 Å². The van der Waals surface area contributed by atoms with Gasteiger partial charge in [-0.25, -0.2) is 16.8 Å². The van der Waals surface area contributed by atoms with Crippen LogP contribution in [0, 0.1) is 0 Å². The summed E-state index contributed by atoms with van der Waals surface area (Å²) in [7, 11) is -6.75. The third-order valence-electron chi connectivity index (χ3n) is 2.16. The molecule has 0 rings (SSSR count). The summed E-state index contributed by atoms with van der Waals surface area (Å²) in [6.07, 6.45) is 1.75. The van der Waals surface area contributed by atoms with Crippen molar-refractivity contribution in [2.24, 2.45) is 0 Å². The van der Waals surface area contributed by atoms with Crippen LogP contribution in [0.25, 0.3) is 0 Å². The Morgan fingerprint density at radius 2 is 1.65 bits per heavy atom. The molecule has 0 aromatic carbocycles. The van der Waals surface area contributed by atoms with Crippen molar-refractivity contribution < 1.29 is 16.8 Å². The Morgan fingerprint density at radius 1 is 1.12 bits per heavy atom. The second-order valence-corrected chi connectivity index (χ2v) is 9.29. The number of rotatable bonds is 8. The van der Waals surface area contributed by atoms with Gasteiger partial charge in [0.2, 0.25) is 10.0 Å². The Kier molecular flexibility index (Phi) is 7.20. The van der Waals surface area contributed by atoms with E-state index in [0.29, 0.717) is 13.0 Å². The van der Waals surface area contributed by atoms with E-state index in [1.165, 1.54) is 4.31 Å². The van der Waals surface area contributed by atoms with Crippen LogP contribution in [0.3, 0.4) is 0 Å². The van der Waals surface area contributed by atoms with Gasteiger partial charge in [0.25, 0.3) is 0 Å². The number of hydrogen-bond donors (Lipinski definition) is 0. The summed E-state index contributed by atoms with van der Waals surface area (Å²) in [5.74, 6) is -0.667. The number of hydrogen-bond acceptors (Lipinski definition) is 4. The van der Waals surface area contributed by atoms with E-state index in [-0.39, 0.29) is 17.5 Å². The van der Waals surface area contributed by atoms with Gasteiger partial charge in [-0.1, -0.05) is 15.9 Å². The minimum Gasteiger partial charge on any atom is -0.229 e. The fraction of sp³-hybridized carbons (Fsp3) is 1.00. The Morgan fingerprint density at radius 3 is 2.00 bits per heavy atom. The number of sulfone groups is 1. The summed E-state index contributed by atoms with van der Waals surface area (Å²) >= 11 is 3.25. The smallest absolute Gasteiger partial charge is 0.215 e. The van der Waals surface area contributed by atoms with Crippen molar-refractivity contribution in [1.82, 2.24) is 4.31 Å². The summed E-state index contributed by atoms with van der Waals surface area (Å²) in [6.45, 7) is 3.98. The van der Waals surface area contributed by atoms with Crippen LogP contribution in [0.2, 0.25) is 0 Å². The van der Waals surface area contributed by atoms with Gasteiger partial charge in [0, 0.05) is 24.2 Å². The largest absolute Gasteiger partial charge is 0.229 e. The minimum absolute atomic E-state index is 0.154. The highest BCUT2D eigenvalue weighted by Gasteiger charge is 2.25. The molecule has 0 radical (unpaired) electrons. The zero-order valence-electron chi connectivity index (χ0n) is 10.4. The molecule has 0 spiro atoms. The molecular weight excluding hydrogens is 330 g/mol. The Labute approximate surface area is 113 Å². The van der Waals surface area contributed by atoms with E-state index < -0.39 is 19.9 Å². The predicted molar refractivity (Wildman–Crippen MR) is 73.8 cm³/mol. The first-order valence-electron chi connectivity index (χ1n) is 5.33. The molecule has 0 heterocycles. The lowest BCUT2D eigenvalue weighted by Crippen LogP contribution is -2.40. The maximum atomic E-state index is 12.0. The van der Waals surface area contributed by atoms with Crippen molar-refractivity contribution in [2.75, 3.05) is 29.6 Å². The quantitative estimate of drug-likeness (QED) is 0.609. The molecule has 0 saturated carbocycles. The molecule has 0 N–H and O–H groups in total.